The summed E-state index contributed by atoms with van der Waals surface area (Å²) in [7, 11) is 0. The Balaban J connectivity index is 1.66. The van der Waals surface area contributed by atoms with Crippen LogP contribution in [0.4, 0.5) is 23.7 Å². The van der Waals surface area contributed by atoms with Gasteiger partial charge in [0.1, 0.15) is 5.82 Å². The number of alkyl halides is 2. The van der Waals surface area contributed by atoms with Gasteiger partial charge in [0.05, 0.1) is 12.2 Å². The lowest BCUT2D eigenvalue weighted by atomic mass is 9.92. The Morgan fingerprint density at radius 1 is 1.00 bits per heavy atom. The predicted octanol–water partition coefficient (Wildman–Crippen LogP) is 6.36. The van der Waals surface area contributed by atoms with Crippen molar-refractivity contribution in [2.45, 2.75) is 12.7 Å². The van der Waals surface area contributed by atoms with Crippen molar-refractivity contribution in [3.63, 3.8) is 0 Å². The van der Waals surface area contributed by atoms with E-state index in [2.05, 4.69) is 19.9 Å². The average molecular weight is 474 g/mol. The number of hydrogen-bond acceptors (Lipinski definition) is 4. The second-order valence-corrected chi connectivity index (χ2v) is 7.76. The number of rotatable bonds is 3. The van der Waals surface area contributed by atoms with Gasteiger partial charge in [-0.25, -0.2) is 14.2 Å². The Labute approximate surface area is 191 Å². The molecule has 33 heavy (non-hydrogen) atoms. The van der Waals surface area contributed by atoms with Gasteiger partial charge in [0.2, 0.25) is 0 Å². The molecule has 2 heterocycles. The van der Waals surface area contributed by atoms with E-state index in [9.17, 15) is 13.6 Å². The molecular formula is C23H15ClF3N3O3. The van der Waals surface area contributed by atoms with E-state index in [-0.39, 0.29) is 28.3 Å². The van der Waals surface area contributed by atoms with Gasteiger partial charge in [0, 0.05) is 28.8 Å². The zero-order valence-corrected chi connectivity index (χ0v) is 17.6. The maximum Gasteiger partial charge on any atom is 0.586 e. The van der Waals surface area contributed by atoms with Crippen LogP contribution in [0.25, 0.3) is 22.3 Å². The molecule has 1 N–H and O–H groups in total. The molecule has 3 aromatic carbocycles. The van der Waals surface area contributed by atoms with Crippen LogP contribution in [0.1, 0.15) is 6.42 Å². The zero-order valence-electron chi connectivity index (χ0n) is 16.8. The summed E-state index contributed by atoms with van der Waals surface area (Å²) in [5.74, 6) is -0.928. The number of nitrogens with zero attached hydrogens (tertiary/aromatic N) is 2. The Morgan fingerprint density at radius 3 is 2.45 bits per heavy atom. The van der Waals surface area contributed by atoms with E-state index in [4.69, 9.17) is 11.6 Å². The van der Waals surface area contributed by atoms with Crippen molar-refractivity contribution in [2.24, 2.45) is 5.10 Å². The predicted molar refractivity (Wildman–Crippen MR) is 117 cm³/mol. The van der Waals surface area contributed by atoms with E-state index in [1.807, 2.05) is 0 Å². The number of carbonyl (C=O) groups is 1. The molecule has 0 spiro atoms. The molecule has 6 nitrogen and oxygen atoms in total. The Bertz CT molecular complexity index is 1280. The molecule has 0 aromatic heterocycles. The van der Waals surface area contributed by atoms with Gasteiger partial charge < -0.3 is 14.8 Å². The highest BCUT2D eigenvalue weighted by Gasteiger charge is 2.43. The van der Waals surface area contributed by atoms with E-state index in [1.54, 1.807) is 30.5 Å². The van der Waals surface area contributed by atoms with Crippen molar-refractivity contribution in [1.82, 2.24) is 5.01 Å². The SMILES string of the molecule is O=C(Nc1ccc(F)c(-c2ccc(Cl)cc2)c1-c1ccc2c(c1)OC(F)(F)O2)N1CCC=N1. The van der Waals surface area contributed by atoms with Crippen molar-refractivity contribution in [1.29, 1.82) is 0 Å². The van der Waals surface area contributed by atoms with E-state index in [1.165, 1.54) is 35.3 Å². The van der Waals surface area contributed by atoms with E-state index in [0.29, 0.717) is 29.1 Å². The lowest BCUT2D eigenvalue weighted by Crippen LogP contribution is -2.29. The van der Waals surface area contributed by atoms with Crippen molar-refractivity contribution < 1.29 is 27.4 Å². The third-order valence-corrected chi connectivity index (χ3v) is 5.40. The summed E-state index contributed by atoms with van der Waals surface area (Å²) in [4.78, 5) is 12.7. The second-order valence-electron chi connectivity index (χ2n) is 7.32. The number of anilines is 1. The van der Waals surface area contributed by atoms with Crippen LogP contribution in [0.15, 0.2) is 59.7 Å². The summed E-state index contributed by atoms with van der Waals surface area (Å²) in [6, 6.07) is 12.7. The minimum Gasteiger partial charge on any atom is -0.395 e. The van der Waals surface area contributed by atoms with E-state index in [0.717, 1.165) is 0 Å². The number of carbonyl (C=O) groups excluding carboxylic acids is 1. The molecule has 0 aliphatic carbocycles. The lowest BCUT2D eigenvalue weighted by Gasteiger charge is -2.19. The van der Waals surface area contributed by atoms with Crippen molar-refractivity contribution in [3.05, 3.63) is 65.4 Å². The second kappa shape index (κ2) is 8.00. The van der Waals surface area contributed by atoms with Gasteiger partial charge in [0.25, 0.3) is 0 Å². The number of benzene rings is 3. The highest BCUT2D eigenvalue weighted by molar-refractivity contribution is 6.30. The number of hydrogen-bond donors (Lipinski definition) is 1. The quantitative estimate of drug-likeness (QED) is 0.481. The minimum atomic E-state index is -3.80. The van der Waals surface area contributed by atoms with Crippen molar-refractivity contribution in [3.8, 4) is 33.8 Å². The fourth-order valence-corrected chi connectivity index (χ4v) is 3.84. The maximum atomic E-state index is 15.2. The highest BCUT2D eigenvalue weighted by atomic mass is 35.5. The molecule has 168 valence electrons. The Kier molecular flexibility index (Phi) is 5.13. The molecule has 0 fully saturated rings. The zero-order chi connectivity index (χ0) is 23.2. The number of nitrogens with one attached hydrogen (secondary N) is 1. The van der Waals surface area contributed by atoms with Gasteiger partial charge in [-0.15, -0.1) is 8.78 Å². The minimum absolute atomic E-state index is 0.148. The fraction of sp³-hybridized carbons (Fsp3) is 0.130. The number of fused-ring (bicyclic) bond motifs is 1. The largest absolute Gasteiger partial charge is 0.586 e. The average Bonchev–Trinajstić information content (AvgIpc) is 3.41. The first-order valence-electron chi connectivity index (χ1n) is 9.90. The topological polar surface area (TPSA) is 63.2 Å². The molecule has 0 saturated heterocycles. The van der Waals surface area contributed by atoms with Gasteiger partial charge in [-0.05, 0) is 47.5 Å². The van der Waals surface area contributed by atoms with Crippen LogP contribution >= 0.6 is 11.6 Å². The lowest BCUT2D eigenvalue weighted by molar-refractivity contribution is -0.286. The first-order chi connectivity index (χ1) is 15.8. The summed E-state index contributed by atoms with van der Waals surface area (Å²) in [6.45, 7) is 0.408. The van der Waals surface area contributed by atoms with Crippen LogP contribution in [0, 0.1) is 5.82 Å². The summed E-state index contributed by atoms with van der Waals surface area (Å²) in [5, 5.41) is 8.44. The number of hydrazone groups is 1. The fourth-order valence-electron chi connectivity index (χ4n) is 3.71. The molecule has 2 amide bonds. The third-order valence-electron chi connectivity index (χ3n) is 5.14. The highest BCUT2D eigenvalue weighted by Crippen LogP contribution is 2.46. The smallest absolute Gasteiger partial charge is 0.395 e. The Morgan fingerprint density at radius 2 is 1.73 bits per heavy atom. The molecule has 0 atom stereocenters. The summed E-state index contributed by atoms with van der Waals surface area (Å²) >= 11 is 5.99. The van der Waals surface area contributed by atoms with Crippen molar-refractivity contribution in [2.75, 3.05) is 11.9 Å². The number of urea groups is 1. The first kappa shape index (κ1) is 21.1. The molecule has 0 unspecified atom stereocenters. The molecule has 10 heteroatoms. The van der Waals surface area contributed by atoms with Crippen LogP contribution in [0.5, 0.6) is 11.5 Å². The molecule has 2 aliphatic heterocycles. The summed E-state index contributed by atoms with van der Waals surface area (Å²) in [6.07, 6.45) is -1.56. The number of ether oxygens (including phenoxy) is 2. The van der Waals surface area contributed by atoms with E-state index >= 15 is 4.39 Å². The monoisotopic (exact) mass is 473 g/mol. The third kappa shape index (κ3) is 4.07. The summed E-state index contributed by atoms with van der Waals surface area (Å²) < 4.78 is 51.3. The van der Waals surface area contributed by atoms with Gasteiger partial charge in [-0.3, -0.25) is 0 Å². The van der Waals surface area contributed by atoms with Gasteiger partial charge in [-0.2, -0.15) is 5.10 Å². The molecule has 5 rings (SSSR count). The number of amides is 2. The summed E-state index contributed by atoms with van der Waals surface area (Å²) in [5.41, 5.74) is 1.50. The van der Waals surface area contributed by atoms with Crippen molar-refractivity contribution >= 4 is 29.5 Å². The molecule has 0 bridgehead atoms. The molecule has 0 saturated carbocycles. The first-order valence-corrected chi connectivity index (χ1v) is 10.3. The standard InChI is InChI=1S/C23H15ClF3N3O3/c24-15-5-2-13(3-6-15)20-16(25)7-8-17(29-22(31)30-11-1-10-28-30)21(20)14-4-9-18-19(12-14)33-23(26,27)32-18/h2-10,12H,1,11H2,(H,29,31). The molecule has 2 aliphatic rings. The molecular weight excluding hydrogens is 459 g/mol. The molecule has 3 aromatic rings. The number of halogens is 4. The normalized spacial score (nSPS) is 15.7. The van der Waals surface area contributed by atoms with Gasteiger partial charge >= 0.3 is 12.3 Å². The molecule has 0 radical (unpaired) electrons. The Hall–Kier alpha value is -3.72. The van der Waals surface area contributed by atoms with Crippen LogP contribution in [0.2, 0.25) is 5.02 Å². The van der Waals surface area contributed by atoms with Gasteiger partial charge in [-0.1, -0.05) is 29.8 Å². The van der Waals surface area contributed by atoms with Crippen LogP contribution in [0.3, 0.4) is 0 Å². The van der Waals surface area contributed by atoms with Crippen LogP contribution < -0.4 is 14.8 Å². The van der Waals surface area contributed by atoms with Crippen LogP contribution in [-0.4, -0.2) is 30.1 Å². The van der Waals surface area contributed by atoms with E-state index < -0.39 is 18.1 Å². The van der Waals surface area contributed by atoms with Gasteiger partial charge in [0.15, 0.2) is 11.5 Å². The van der Waals surface area contributed by atoms with Crippen LogP contribution in [-0.2, 0) is 0 Å². The maximum absolute atomic E-state index is 15.2.